The summed E-state index contributed by atoms with van der Waals surface area (Å²) in [6.07, 6.45) is 0.0389. The molecule has 0 bridgehead atoms. The zero-order chi connectivity index (χ0) is 24.2. The summed E-state index contributed by atoms with van der Waals surface area (Å²) >= 11 is 0. The number of anilines is 1. The summed E-state index contributed by atoms with van der Waals surface area (Å²) in [4.78, 5) is 23.5. The van der Waals surface area contributed by atoms with Crippen molar-refractivity contribution in [2.24, 2.45) is 0 Å². The minimum Gasteiger partial charge on any atom is -0.467 e. The van der Waals surface area contributed by atoms with Crippen molar-refractivity contribution in [3.63, 3.8) is 0 Å². The van der Waals surface area contributed by atoms with E-state index in [9.17, 15) is 9.59 Å². The number of aryl methyl sites for hydroxylation is 2. The Bertz CT molecular complexity index is 655. The minimum atomic E-state index is -0.429. The highest BCUT2D eigenvalue weighted by Gasteiger charge is 2.05. The summed E-state index contributed by atoms with van der Waals surface area (Å²) in [5.74, 6) is -0.429. The molecule has 0 spiro atoms. The molecule has 0 heterocycles. The van der Waals surface area contributed by atoms with Gasteiger partial charge in [-0.2, -0.15) is 0 Å². The van der Waals surface area contributed by atoms with Crippen LogP contribution in [0.5, 0.6) is 0 Å². The van der Waals surface area contributed by atoms with Crippen molar-refractivity contribution < 1.29 is 38.0 Å². The Morgan fingerprint density at radius 1 is 0.818 bits per heavy atom. The molecule has 33 heavy (non-hydrogen) atoms. The Morgan fingerprint density at radius 3 is 1.94 bits per heavy atom. The van der Waals surface area contributed by atoms with Crippen molar-refractivity contribution in [3.8, 4) is 0 Å². The number of likely N-dealkylation sites (N-methyl/N-ethyl adjacent to an activating group) is 1. The number of benzene rings is 1. The van der Waals surface area contributed by atoms with Gasteiger partial charge in [-0.1, -0.05) is 6.07 Å². The van der Waals surface area contributed by atoms with Gasteiger partial charge in [0.1, 0.15) is 13.2 Å². The molecule has 1 aromatic rings. The normalized spacial score (nSPS) is 10.8. The highest BCUT2D eigenvalue weighted by molar-refractivity contribution is 5.69. The molecule has 0 unspecified atom stereocenters. The standard InChI is InChI=1S/C24H39NO8/c1-4-25(23-6-5-21(2)22(3)19-23)8-10-28-11-12-29-13-14-30-15-16-31-17-18-33-24(27)7-9-32-20-26/h5-6,19-20H,4,7-18H2,1-3H3. The van der Waals surface area contributed by atoms with Crippen molar-refractivity contribution in [1.82, 2.24) is 0 Å². The van der Waals surface area contributed by atoms with Crippen molar-refractivity contribution in [2.75, 3.05) is 84.1 Å². The van der Waals surface area contributed by atoms with Crippen molar-refractivity contribution in [1.29, 1.82) is 0 Å². The summed E-state index contributed by atoms with van der Waals surface area (Å²) in [6, 6.07) is 6.53. The van der Waals surface area contributed by atoms with Gasteiger partial charge in [0, 0.05) is 18.8 Å². The second-order valence-electron chi connectivity index (χ2n) is 7.24. The van der Waals surface area contributed by atoms with Gasteiger partial charge in [-0.25, -0.2) is 0 Å². The van der Waals surface area contributed by atoms with Crippen LogP contribution in [0.25, 0.3) is 0 Å². The Hall–Kier alpha value is -2.20. The zero-order valence-corrected chi connectivity index (χ0v) is 20.2. The van der Waals surface area contributed by atoms with Crippen LogP contribution in [0.4, 0.5) is 5.69 Å². The fourth-order valence-electron chi connectivity index (χ4n) is 2.81. The molecule has 0 saturated heterocycles. The summed E-state index contributed by atoms with van der Waals surface area (Å²) < 4.78 is 31.2. The first-order valence-corrected chi connectivity index (χ1v) is 11.4. The summed E-state index contributed by atoms with van der Waals surface area (Å²) in [6.45, 7) is 12.5. The fraction of sp³-hybridized carbons (Fsp3) is 0.667. The molecule has 0 fully saturated rings. The monoisotopic (exact) mass is 469 g/mol. The molecule has 0 aliphatic carbocycles. The smallest absolute Gasteiger partial charge is 0.309 e. The van der Waals surface area contributed by atoms with Crippen LogP contribution in [0, 0.1) is 13.8 Å². The van der Waals surface area contributed by atoms with Gasteiger partial charge in [0.05, 0.1) is 59.3 Å². The van der Waals surface area contributed by atoms with Crippen LogP contribution in [-0.4, -0.2) is 91.6 Å². The van der Waals surface area contributed by atoms with E-state index < -0.39 is 5.97 Å². The molecule has 0 aliphatic heterocycles. The maximum absolute atomic E-state index is 11.2. The van der Waals surface area contributed by atoms with Crippen molar-refractivity contribution in [2.45, 2.75) is 27.2 Å². The van der Waals surface area contributed by atoms with E-state index in [1.807, 2.05) is 0 Å². The molecular formula is C24H39NO8. The number of carbonyl (C=O) groups excluding carboxylic acids is 2. The first-order chi connectivity index (χ1) is 16.1. The number of hydrogen-bond donors (Lipinski definition) is 0. The highest BCUT2D eigenvalue weighted by atomic mass is 16.6. The van der Waals surface area contributed by atoms with Crippen LogP contribution in [0.2, 0.25) is 0 Å². The van der Waals surface area contributed by atoms with Gasteiger partial charge in [-0.15, -0.1) is 0 Å². The average molecular weight is 470 g/mol. The van der Waals surface area contributed by atoms with E-state index in [1.54, 1.807) is 0 Å². The Balaban J connectivity index is 1.88. The number of esters is 1. The van der Waals surface area contributed by atoms with Gasteiger partial charge in [0.25, 0.3) is 6.47 Å². The van der Waals surface area contributed by atoms with Gasteiger partial charge in [0.2, 0.25) is 0 Å². The van der Waals surface area contributed by atoms with Gasteiger partial charge in [-0.05, 0) is 44.0 Å². The van der Waals surface area contributed by atoms with Crippen LogP contribution in [0.3, 0.4) is 0 Å². The first kappa shape index (κ1) is 28.8. The van der Waals surface area contributed by atoms with Gasteiger partial charge in [-0.3, -0.25) is 9.59 Å². The summed E-state index contributed by atoms with van der Waals surface area (Å²) in [5, 5.41) is 0. The topological polar surface area (TPSA) is 92.8 Å². The van der Waals surface area contributed by atoms with E-state index in [2.05, 4.69) is 48.6 Å². The predicted molar refractivity (Wildman–Crippen MR) is 125 cm³/mol. The molecule has 0 atom stereocenters. The number of hydrogen-bond acceptors (Lipinski definition) is 9. The Labute approximate surface area is 197 Å². The quantitative estimate of drug-likeness (QED) is 0.153. The molecule has 1 rings (SSSR count). The number of nitrogens with zero attached hydrogens (tertiary/aromatic N) is 1. The lowest BCUT2D eigenvalue weighted by Crippen LogP contribution is -2.27. The van der Waals surface area contributed by atoms with E-state index in [0.29, 0.717) is 52.7 Å². The second-order valence-corrected chi connectivity index (χ2v) is 7.24. The molecule has 9 nitrogen and oxygen atoms in total. The maximum atomic E-state index is 11.2. The van der Waals surface area contributed by atoms with Crippen LogP contribution in [-0.2, 0) is 38.0 Å². The third-order valence-corrected chi connectivity index (χ3v) is 4.84. The molecule has 0 aliphatic rings. The van der Waals surface area contributed by atoms with Crippen molar-refractivity contribution >= 4 is 18.1 Å². The Kier molecular flexibility index (Phi) is 16.9. The molecule has 9 heteroatoms. The lowest BCUT2D eigenvalue weighted by atomic mass is 10.1. The van der Waals surface area contributed by atoms with Crippen molar-refractivity contribution in [3.05, 3.63) is 29.3 Å². The molecule has 188 valence electrons. The van der Waals surface area contributed by atoms with Crippen LogP contribution in [0.1, 0.15) is 24.5 Å². The average Bonchev–Trinajstić information content (AvgIpc) is 2.81. The lowest BCUT2D eigenvalue weighted by molar-refractivity contribution is -0.147. The van der Waals surface area contributed by atoms with Crippen LogP contribution < -0.4 is 4.90 Å². The molecule has 0 amide bonds. The maximum Gasteiger partial charge on any atom is 0.309 e. The zero-order valence-electron chi connectivity index (χ0n) is 20.2. The first-order valence-electron chi connectivity index (χ1n) is 11.4. The second kappa shape index (κ2) is 19.3. The van der Waals surface area contributed by atoms with E-state index in [-0.39, 0.29) is 26.2 Å². The van der Waals surface area contributed by atoms with E-state index in [0.717, 1.165) is 13.1 Å². The molecule has 1 aromatic carbocycles. The molecule has 0 aromatic heterocycles. The lowest BCUT2D eigenvalue weighted by Gasteiger charge is -2.24. The molecule has 0 saturated carbocycles. The van der Waals surface area contributed by atoms with Gasteiger partial charge >= 0.3 is 5.97 Å². The highest BCUT2D eigenvalue weighted by Crippen LogP contribution is 2.18. The van der Waals surface area contributed by atoms with Gasteiger partial charge in [0.15, 0.2) is 0 Å². The third-order valence-electron chi connectivity index (χ3n) is 4.84. The van der Waals surface area contributed by atoms with E-state index >= 15 is 0 Å². The van der Waals surface area contributed by atoms with E-state index in [1.165, 1.54) is 16.8 Å². The third kappa shape index (κ3) is 14.5. The predicted octanol–water partition coefficient (Wildman–Crippen LogP) is 2.30. The minimum absolute atomic E-state index is 0.0243. The molecule has 0 radical (unpaired) electrons. The SMILES string of the molecule is CCN(CCOCCOCCOCCOCCOC(=O)CCOC=O)c1ccc(C)c(C)c1. The molecular weight excluding hydrogens is 430 g/mol. The summed E-state index contributed by atoms with van der Waals surface area (Å²) in [7, 11) is 0. The number of ether oxygens (including phenoxy) is 6. The Morgan fingerprint density at radius 2 is 1.39 bits per heavy atom. The van der Waals surface area contributed by atoms with Gasteiger partial charge < -0.3 is 33.3 Å². The number of rotatable bonds is 21. The van der Waals surface area contributed by atoms with Crippen LogP contribution >= 0.6 is 0 Å². The molecule has 0 N–H and O–H groups in total. The summed E-state index contributed by atoms with van der Waals surface area (Å²) in [5.41, 5.74) is 3.83. The fourth-order valence-corrected chi connectivity index (χ4v) is 2.81. The van der Waals surface area contributed by atoms with E-state index in [4.69, 9.17) is 23.7 Å². The van der Waals surface area contributed by atoms with Crippen LogP contribution in [0.15, 0.2) is 18.2 Å². The largest absolute Gasteiger partial charge is 0.467 e. The number of carbonyl (C=O) groups is 2.